The normalized spacial score (nSPS) is 29.5. The number of carbonyl (C=O) groups is 1. The number of rotatable bonds is 2. The zero-order valence-electron chi connectivity index (χ0n) is 11.7. The summed E-state index contributed by atoms with van der Waals surface area (Å²) in [6.45, 7) is 1.92. The fourth-order valence-electron chi connectivity index (χ4n) is 3.36. The SMILES string of the molecule is NCC1CCN(C(=O)C2CCCC(C(F)(F)F)C2)CC1. The lowest BCUT2D eigenvalue weighted by molar-refractivity contribution is -0.187. The molecular formula is C14H23F3N2O. The minimum Gasteiger partial charge on any atom is -0.342 e. The van der Waals surface area contributed by atoms with Crippen molar-refractivity contribution in [3.63, 3.8) is 0 Å². The smallest absolute Gasteiger partial charge is 0.342 e. The van der Waals surface area contributed by atoms with Gasteiger partial charge in [0.15, 0.2) is 0 Å². The second-order valence-corrected chi connectivity index (χ2v) is 6.11. The highest BCUT2D eigenvalue weighted by Crippen LogP contribution is 2.40. The molecule has 2 unspecified atom stereocenters. The van der Waals surface area contributed by atoms with Crippen LogP contribution in [-0.2, 0) is 4.79 Å². The largest absolute Gasteiger partial charge is 0.391 e. The first-order chi connectivity index (χ1) is 9.41. The first-order valence-electron chi connectivity index (χ1n) is 7.47. The highest BCUT2D eigenvalue weighted by atomic mass is 19.4. The van der Waals surface area contributed by atoms with E-state index in [1.807, 2.05) is 0 Å². The van der Waals surface area contributed by atoms with Gasteiger partial charge in [-0.1, -0.05) is 6.42 Å². The third-order valence-electron chi connectivity index (χ3n) is 4.75. The predicted octanol–water partition coefficient (Wildman–Crippen LogP) is 2.55. The van der Waals surface area contributed by atoms with Gasteiger partial charge < -0.3 is 10.6 Å². The second kappa shape index (κ2) is 6.33. The van der Waals surface area contributed by atoms with Crippen molar-refractivity contribution < 1.29 is 18.0 Å². The van der Waals surface area contributed by atoms with Crippen LogP contribution < -0.4 is 5.73 Å². The minimum atomic E-state index is -4.16. The van der Waals surface area contributed by atoms with Gasteiger partial charge in [0.1, 0.15) is 0 Å². The van der Waals surface area contributed by atoms with E-state index in [4.69, 9.17) is 5.73 Å². The molecule has 0 aromatic heterocycles. The number of likely N-dealkylation sites (tertiary alicyclic amines) is 1. The quantitative estimate of drug-likeness (QED) is 0.850. The summed E-state index contributed by atoms with van der Waals surface area (Å²) in [6, 6.07) is 0. The molecule has 6 heteroatoms. The van der Waals surface area contributed by atoms with Gasteiger partial charge >= 0.3 is 6.18 Å². The molecule has 1 amide bonds. The highest BCUT2D eigenvalue weighted by molar-refractivity contribution is 5.79. The van der Waals surface area contributed by atoms with E-state index >= 15 is 0 Å². The second-order valence-electron chi connectivity index (χ2n) is 6.11. The molecule has 0 aromatic rings. The van der Waals surface area contributed by atoms with Gasteiger partial charge in [0, 0.05) is 19.0 Å². The van der Waals surface area contributed by atoms with Crippen molar-refractivity contribution in [2.75, 3.05) is 19.6 Å². The van der Waals surface area contributed by atoms with E-state index in [9.17, 15) is 18.0 Å². The van der Waals surface area contributed by atoms with E-state index in [0.29, 0.717) is 38.4 Å². The van der Waals surface area contributed by atoms with Gasteiger partial charge in [0.05, 0.1) is 5.92 Å². The average molecular weight is 292 g/mol. The summed E-state index contributed by atoms with van der Waals surface area (Å²) in [5, 5.41) is 0. The number of amides is 1. The number of nitrogens with two attached hydrogens (primary N) is 1. The molecular weight excluding hydrogens is 269 g/mol. The highest BCUT2D eigenvalue weighted by Gasteiger charge is 2.44. The van der Waals surface area contributed by atoms with Gasteiger partial charge in [-0.25, -0.2) is 0 Å². The van der Waals surface area contributed by atoms with Crippen LogP contribution in [-0.4, -0.2) is 36.6 Å². The molecule has 1 heterocycles. The molecule has 1 saturated carbocycles. The van der Waals surface area contributed by atoms with Crippen LogP contribution in [0.1, 0.15) is 38.5 Å². The molecule has 0 aromatic carbocycles. The number of piperidine rings is 1. The van der Waals surface area contributed by atoms with Crippen LogP contribution in [0.2, 0.25) is 0 Å². The van der Waals surface area contributed by atoms with Crippen molar-refractivity contribution in [1.82, 2.24) is 4.90 Å². The average Bonchev–Trinajstić information content (AvgIpc) is 2.46. The summed E-state index contributed by atoms with van der Waals surface area (Å²) in [6.07, 6.45) is -1.18. The fraction of sp³-hybridized carbons (Fsp3) is 0.929. The third kappa shape index (κ3) is 3.65. The Morgan fingerprint density at radius 3 is 2.35 bits per heavy atom. The molecule has 2 aliphatic rings. The van der Waals surface area contributed by atoms with E-state index in [2.05, 4.69) is 0 Å². The Balaban J connectivity index is 1.89. The van der Waals surface area contributed by atoms with Crippen LogP contribution in [0.15, 0.2) is 0 Å². The van der Waals surface area contributed by atoms with Crippen molar-refractivity contribution in [3.05, 3.63) is 0 Å². The third-order valence-corrected chi connectivity index (χ3v) is 4.75. The zero-order chi connectivity index (χ0) is 14.8. The molecule has 1 aliphatic heterocycles. The molecule has 0 spiro atoms. The van der Waals surface area contributed by atoms with Crippen LogP contribution in [0.25, 0.3) is 0 Å². The summed E-state index contributed by atoms with van der Waals surface area (Å²) in [7, 11) is 0. The molecule has 1 saturated heterocycles. The number of nitrogens with zero attached hydrogens (tertiary/aromatic N) is 1. The monoisotopic (exact) mass is 292 g/mol. The first-order valence-corrected chi connectivity index (χ1v) is 7.47. The Bertz CT molecular complexity index is 338. The van der Waals surface area contributed by atoms with Crippen molar-refractivity contribution in [2.24, 2.45) is 23.5 Å². The van der Waals surface area contributed by atoms with Gasteiger partial charge in [0.25, 0.3) is 0 Å². The number of alkyl halides is 3. The van der Waals surface area contributed by atoms with Crippen molar-refractivity contribution in [2.45, 2.75) is 44.7 Å². The van der Waals surface area contributed by atoms with Crippen LogP contribution in [0, 0.1) is 17.8 Å². The Morgan fingerprint density at radius 2 is 1.80 bits per heavy atom. The molecule has 2 N–H and O–H groups in total. The maximum absolute atomic E-state index is 12.8. The summed E-state index contributed by atoms with van der Waals surface area (Å²) < 4.78 is 38.3. The molecule has 2 atom stereocenters. The Morgan fingerprint density at radius 1 is 1.15 bits per heavy atom. The molecule has 3 nitrogen and oxygen atoms in total. The summed E-state index contributed by atoms with van der Waals surface area (Å²) in [5.74, 6) is -1.36. The molecule has 0 bridgehead atoms. The lowest BCUT2D eigenvalue weighted by atomic mass is 9.80. The van der Waals surface area contributed by atoms with Gasteiger partial charge in [-0.15, -0.1) is 0 Å². The molecule has 20 heavy (non-hydrogen) atoms. The van der Waals surface area contributed by atoms with Gasteiger partial charge in [0.2, 0.25) is 5.91 Å². The van der Waals surface area contributed by atoms with E-state index in [1.165, 1.54) is 0 Å². The topological polar surface area (TPSA) is 46.3 Å². The van der Waals surface area contributed by atoms with Crippen LogP contribution in [0.5, 0.6) is 0 Å². The van der Waals surface area contributed by atoms with Crippen molar-refractivity contribution in [3.8, 4) is 0 Å². The van der Waals surface area contributed by atoms with Crippen LogP contribution in [0.4, 0.5) is 13.2 Å². The summed E-state index contributed by atoms with van der Waals surface area (Å²) >= 11 is 0. The zero-order valence-corrected chi connectivity index (χ0v) is 11.7. The minimum absolute atomic E-state index is 0.0286. The van der Waals surface area contributed by atoms with Gasteiger partial charge in [-0.3, -0.25) is 4.79 Å². The van der Waals surface area contributed by atoms with E-state index in [0.717, 1.165) is 12.8 Å². The number of halogens is 3. The molecule has 2 rings (SSSR count). The Hall–Kier alpha value is -0.780. The number of hydrogen-bond acceptors (Lipinski definition) is 2. The Labute approximate surface area is 117 Å². The predicted molar refractivity (Wildman–Crippen MR) is 69.9 cm³/mol. The maximum atomic E-state index is 12.8. The van der Waals surface area contributed by atoms with Crippen molar-refractivity contribution >= 4 is 5.91 Å². The number of carbonyl (C=O) groups excluding carboxylic acids is 1. The standard InChI is InChI=1S/C14H23F3N2O/c15-14(16,17)12-3-1-2-11(8-12)13(20)19-6-4-10(9-18)5-7-19/h10-12H,1-9,18H2. The first kappa shape index (κ1) is 15.6. The van der Waals surface area contributed by atoms with Gasteiger partial charge in [-0.05, 0) is 44.6 Å². The fourth-order valence-corrected chi connectivity index (χ4v) is 3.36. The van der Waals surface area contributed by atoms with Crippen molar-refractivity contribution in [1.29, 1.82) is 0 Å². The molecule has 1 aliphatic carbocycles. The van der Waals surface area contributed by atoms with E-state index < -0.39 is 18.0 Å². The van der Waals surface area contributed by atoms with Crippen LogP contribution >= 0.6 is 0 Å². The summed E-state index contributed by atoms with van der Waals surface area (Å²) in [5.41, 5.74) is 5.61. The van der Waals surface area contributed by atoms with Gasteiger partial charge in [-0.2, -0.15) is 13.2 Å². The van der Waals surface area contributed by atoms with Crippen LogP contribution in [0.3, 0.4) is 0 Å². The lowest BCUT2D eigenvalue weighted by Gasteiger charge is -2.36. The summed E-state index contributed by atoms with van der Waals surface area (Å²) in [4.78, 5) is 14.1. The number of hydrogen-bond donors (Lipinski definition) is 1. The molecule has 2 fully saturated rings. The lowest BCUT2D eigenvalue weighted by Crippen LogP contribution is -2.44. The molecule has 116 valence electrons. The molecule has 0 radical (unpaired) electrons. The van der Waals surface area contributed by atoms with E-state index in [-0.39, 0.29) is 18.7 Å². The van der Waals surface area contributed by atoms with E-state index in [1.54, 1.807) is 4.90 Å². The maximum Gasteiger partial charge on any atom is 0.391 e. The Kier molecular flexibility index (Phi) is 4.94.